The Bertz CT molecular complexity index is 1060. The zero-order valence-corrected chi connectivity index (χ0v) is 16.8. The molecule has 2 atom stereocenters. The highest BCUT2D eigenvalue weighted by atomic mass is 35.5. The minimum Gasteiger partial charge on any atom is -0.493 e. The fraction of sp³-hybridized carbons (Fsp3) is 0.227. The van der Waals surface area contributed by atoms with Crippen LogP contribution in [-0.4, -0.2) is 24.7 Å². The summed E-state index contributed by atoms with van der Waals surface area (Å²) < 4.78 is 19.6. The van der Waals surface area contributed by atoms with Crippen LogP contribution < -0.4 is 15.2 Å². The fourth-order valence-electron chi connectivity index (χ4n) is 3.83. The molecule has 150 valence electrons. The number of carbonyl (C=O) groups excluding carboxylic acids is 1. The molecule has 29 heavy (non-hydrogen) atoms. The number of carbonyl (C=O) groups is 1. The fourth-order valence-corrected chi connectivity index (χ4v) is 4.01. The van der Waals surface area contributed by atoms with Gasteiger partial charge in [-0.15, -0.1) is 0 Å². The number of benzene rings is 2. The van der Waals surface area contributed by atoms with Crippen LogP contribution in [0.4, 0.5) is 0 Å². The number of methoxy groups -OCH3 is 2. The Labute approximate surface area is 173 Å². The maximum Gasteiger partial charge on any atom is 0.220 e. The summed E-state index contributed by atoms with van der Waals surface area (Å²) in [5, 5.41) is 0.585. The maximum absolute atomic E-state index is 11.8. The monoisotopic (exact) mass is 412 g/mol. The lowest BCUT2D eigenvalue weighted by Gasteiger charge is -2.25. The molecule has 6 nitrogen and oxygen atoms in total. The van der Waals surface area contributed by atoms with E-state index in [1.807, 2.05) is 59.3 Å². The summed E-state index contributed by atoms with van der Waals surface area (Å²) in [7, 11) is 3.17. The van der Waals surface area contributed by atoms with E-state index in [1.54, 1.807) is 14.2 Å². The van der Waals surface area contributed by atoms with Crippen molar-refractivity contribution < 1.29 is 19.0 Å². The number of hydrogen-bond acceptors (Lipinski definition) is 4. The van der Waals surface area contributed by atoms with E-state index >= 15 is 0 Å². The molecule has 0 fully saturated rings. The number of fused-ring (bicyclic) bond motifs is 3. The first kappa shape index (κ1) is 19.4. The number of aromatic nitrogens is 1. The van der Waals surface area contributed by atoms with Gasteiger partial charge in [0.2, 0.25) is 5.91 Å². The second-order valence-corrected chi connectivity index (χ2v) is 7.20. The molecule has 0 spiro atoms. The molecule has 1 amide bonds. The van der Waals surface area contributed by atoms with Gasteiger partial charge in [-0.3, -0.25) is 4.79 Å². The van der Waals surface area contributed by atoms with E-state index in [-0.39, 0.29) is 6.42 Å². The number of nitrogens with two attached hydrogens (primary N) is 1. The van der Waals surface area contributed by atoms with Crippen molar-refractivity contribution in [1.82, 2.24) is 4.57 Å². The van der Waals surface area contributed by atoms with Crippen molar-refractivity contribution in [1.29, 1.82) is 0 Å². The summed E-state index contributed by atoms with van der Waals surface area (Å²) in [5.74, 6) is 0.714. The Balaban J connectivity index is 1.96. The van der Waals surface area contributed by atoms with Crippen molar-refractivity contribution in [2.75, 3.05) is 14.2 Å². The number of ether oxygens (including phenoxy) is 3. The predicted octanol–water partition coefficient (Wildman–Crippen LogP) is 4.18. The number of hydrogen-bond donors (Lipinski definition) is 1. The van der Waals surface area contributed by atoms with E-state index in [0.717, 1.165) is 22.5 Å². The minimum absolute atomic E-state index is 0.0501. The lowest BCUT2D eigenvalue weighted by atomic mass is 9.98. The quantitative estimate of drug-likeness (QED) is 0.682. The van der Waals surface area contributed by atoms with Crippen LogP contribution in [0, 0.1) is 0 Å². The largest absolute Gasteiger partial charge is 0.493 e. The standard InChI is InChI=1S/C22H21ClN2O4/c1-27-18-7-3-5-14(22(18)28-2)21-15-11-13(23)8-9-16(15)25-10-4-6-17(25)19(29-21)12-20(24)26/h3-11,19,21H,12H2,1-2H3,(H2,24,26)/t19-,21-/m0/s1. The van der Waals surface area contributed by atoms with Gasteiger partial charge in [0.25, 0.3) is 0 Å². The van der Waals surface area contributed by atoms with Crippen molar-refractivity contribution in [3.8, 4) is 17.2 Å². The summed E-state index contributed by atoms with van der Waals surface area (Å²) >= 11 is 6.34. The molecule has 2 N–H and O–H groups in total. The van der Waals surface area contributed by atoms with Gasteiger partial charge in [0, 0.05) is 22.3 Å². The Morgan fingerprint density at radius 1 is 1.14 bits per heavy atom. The van der Waals surface area contributed by atoms with Crippen LogP contribution in [0.2, 0.25) is 5.02 Å². The Kier molecular flexibility index (Phi) is 5.22. The summed E-state index contributed by atoms with van der Waals surface area (Å²) in [6, 6.07) is 15.1. The summed E-state index contributed by atoms with van der Waals surface area (Å²) in [4.78, 5) is 11.8. The molecule has 2 heterocycles. The number of rotatable bonds is 5. The first-order chi connectivity index (χ1) is 14.0. The predicted molar refractivity (Wildman–Crippen MR) is 110 cm³/mol. The van der Waals surface area contributed by atoms with Crippen molar-refractivity contribution in [2.45, 2.75) is 18.6 Å². The highest BCUT2D eigenvalue weighted by Gasteiger charge is 2.33. The molecule has 0 aliphatic carbocycles. The van der Waals surface area contributed by atoms with Gasteiger partial charge in [-0.05, 0) is 36.4 Å². The normalized spacial score (nSPS) is 17.8. The van der Waals surface area contributed by atoms with E-state index in [0.29, 0.717) is 16.5 Å². The molecule has 1 aliphatic rings. The molecule has 4 rings (SSSR count). The van der Waals surface area contributed by atoms with Gasteiger partial charge in [-0.25, -0.2) is 0 Å². The number of halogens is 1. The SMILES string of the molecule is COc1cccc([C@@H]2O[C@@H](CC(N)=O)c3cccn3-c3ccc(Cl)cc32)c1OC. The van der Waals surface area contributed by atoms with E-state index in [4.69, 9.17) is 31.5 Å². The van der Waals surface area contributed by atoms with Crippen molar-refractivity contribution in [3.05, 3.63) is 76.6 Å². The number of primary amides is 1. The van der Waals surface area contributed by atoms with Gasteiger partial charge < -0.3 is 24.5 Å². The molecular formula is C22H21ClN2O4. The molecule has 3 aromatic rings. The first-order valence-corrected chi connectivity index (χ1v) is 9.53. The topological polar surface area (TPSA) is 75.7 Å². The highest BCUT2D eigenvalue weighted by molar-refractivity contribution is 6.30. The van der Waals surface area contributed by atoms with Gasteiger partial charge in [-0.1, -0.05) is 23.7 Å². The molecule has 0 unspecified atom stereocenters. The van der Waals surface area contributed by atoms with Crippen LogP contribution in [0.25, 0.3) is 5.69 Å². The van der Waals surface area contributed by atoms with Crippen LogP contribution >= 0.6 is 11.6 Å². The van der Waals surface area contributed by atoms with Crippen LogP contribution in [-0.2, 0) is 9.53 Å². The van der Waals surface area contributed by atoms with Gasteiger partial charge >= 0.3 is 0 Å². The van der Waals surface area contributed by atoms with Crippen LogP contribution in [0.1, 0.15) is 35.4 Å². The zero-order valence-electron chi connectivity index (χ0n) is 16.1. The Hall–Kier alpha value is -2.96. The van der Waals surface area contributed by atoms with Gasteiger partial charge in [-0.2, -0.15) is 0 Å². The molecule has 7 heteroatoms. The van der Waals surface area contributed by atoms with Gasteiger partial charge in [0.1, 0.15) is 12.2 Å². The zero-order chi connectivity index (χ0) is 20.5. The van der Waals surface area contributed by atoms with Crippen molar-refractivity contribution in [2.24, 2.45) is 5.73 Å². The maximum atomic E-state index is 11.8. The second-order valence-electron chi connectivity index (χ2n) is 6.76. The van der Waals surface area contributed by atoms with E-state index in [1.165, 1.54) is 0 Å². The van der Waals surface area contributed by atoms with Crippen LogP contribution in [0.5, 0.6) is 11.5 Å². The van der Waals surface area contributed by atoms with E-state index in [2.05, 4.69) is 0 Å². The molecule has 0 radical (unpaired) electrons. The smallest absolute Gasteiger partial charge is 0.220 e. The third kappa shape index (κ3) is 3.45. The molecule has 1 aliphatic heterocycles. The lowest BCUT2D eigenvalue weighted by Crippen LogP contribution is -2.19. The number of para-hydroxylation sites is 1. The van der Waals surface area contributed by atoms with Crippen LogP contribution in [0.3, 0.4) is 0 Å². The third-order valence-corrected chi connectivity index (χ3v) is 5.28. The summed E-state index contributed by atoms with van der Waals surface area (Å²) in [6.07, 6.45) is 0.909. The van der Waals surface area contributed by atoms with E-state index in [9.17, 15) is 4.79 Å². The molecule has 0 bridgehead atoms. The molecule has 0 saturated carbocycles. The summed E-state index contributed by atoms with van der Waals surface area (Å²) in [5.41, 5.74) is 8.91. The average molecular weight is 413 g/mol. The first-order valence-electron chi connectivity index (χ1n) is 9.15. The molecule has 1 aromatic heterocycles. The molecular weight excluding hydrogens is 392 g/mol. The van der Waals surface area contributed by atoms with Gasteiger partial charge in [0.15, 0.2) is 11.5 Å². The van der Waals surface area contributed by atoms with Gasteiger partial charge in [0.05, 0.1) is 32.0 Å². The molecule has 2 aromatic carbocycles. The number of amides is 1. The highest BCUT2D eigenvalue weighted by Crippen LogP contribution is 2.46. The second kappa shape index (κ2) is 7.81. The Morgan fingerprint density at radius 2 is 1.97 bits per heavy atom. The van der Waals surface area contributed by atoms with E-state index < -0.39 is 18.1 Å². The van der Waals surface area contributed by atoms with Crippen molar-refractivity contribution >= 4 is 17.5 Å². The van der Waals surface area contributed by atoms with Crippen LogP contribution in [0.15, 0.2) is 54.7 Å². The lowest BCUT2D eigenvalue weighted by molar-refractivity contribution is -0.122. The summed E-state index contributed by atoms with van der Waals surface area (Å²) in [6.45, 7) is 0. The third-order valence-electron chi connectivity index (χ3n) is 5.04. The van der Waals surface area contributed by atoms with Crippen molar-refractivity contribution in [3.63, 3.8) is 0 Å². The molecule has 0 saturated heterocycles. The number of nitrogens with zero attached hydrogens (tertiary/aromatic N) is 1. The Morgan fingerprint density at radius 3 is 2.69 bits per heavy atom. The minimum atomic E-state index is -0.544. The average Bonchev–Trinajstić information content (AvgIpc) is 3.15.